The molecule has 2 aromatic heterocycles. The molecule has 0 spiro atoms. The zero-order valence-electron chi connectivity index (χ0n) is 15.2. The van der Waals surface area contributed by atoms with Crippen LogP contribution in [-0.4, -0.2) is 27.4 Å². The van der Waals surface area contributed by atoms with Crippen molar-refractivity contribution < 1.29 is 14.0 Å². The predicted molar refractivity (Wildman–Crippen MR) is 101 cm³/mol. The van der Waals surface area contributed by atoms with Crippen molar-refractivity contribution >= 4 is 11.0 Å². The molecule has 2 aromatic carbocycles. The minimum Gasteiger partial charge on any atom is -0.490 e. The average Bonchev–Trinajstić information content (AvgIpc) is 3.33. The number of fused-ring (bicyclic) bond motifs is 3. The van der Waals surface area contributed by atoms with Crippen LogP contribution in [-0.2, 0) is 6.54 Å². The summed E-state index contributed by atoms with van der Waals surface area (Å²) in [7, 11) is 0. The van der Waals surface area contributed by atoms with Crippen LogP contribution in [0.3, 0.4) is 0 Å². The first-order chi connectivity index (χ1) is 13.2. The van der Waals surface area contributed by atoms with Gasteiger partial charge >= 0.3 is 0 Å². The van der Waals surface area contributed by atoms with Crippen molar-refractivity contribution in [1.29, 1.82) is 0 Å². The monoisotopic (exact) mass is 361 g/mol. The van der Waals surface area contributed by atoms with Crippen molar-refractivity contribution in [3.63, 3.8) is 0 Å². The van der Waals surface area contributed by atoms with Gasteiger partial charge < -0.3 is 14.0 Å². The molecule has 5 rings (SSSR count). The molecule has 1 aliphatic heterocycles. The van der Waals surface area contributed by atoms with Crippen LogP contribution >= 0.6 is 0 Å². The highest BCUT2D eigenvalue weighted by Crippen LogP contribution is 2.30. The summed E-state index contributed by atoms with van der Waals surface area (Å²) in [6, 6.07) is 16.7. The fourth-order valence-corrected chi connectivity index (χ4v) is 3.60. The van der Waals surface area contributed by atoms with Crippen LogP contribution in [0.1, 0.15) is 11.5 Å². The van der Waals surface area contributed by atoms with Crippen LogP contribution < -0.4 is 9.47 Å². The molecule has 4 aromatic rings. The molecule has 27 heavy (non-hydrogen) atoms. The number of benzene rings is 2. The van der Waals surface area contributed by atoms with Crippen molar-refractivity contribution in [2.75, 3.05) is 6.61 Å². The number of rotatable bonds is 4. The van der Waals surface area contributed by atoms with Crippen molar-refractivity contribution in [2.45, 2.75) is 26.5 Å². The van der Waals surface area contributed by atoms with Gasteiger partial charge in [0.25, 0.3) is 6.01 Å². The van der Waals surface area contributed by atoms with Crippen LogP contribution in [0.25, 0.3) is 22.2 Å². The molecule has 6 nitrogen and oxygen atoms in total. The highest BCUT2D eigenvalue weighted by atomic mass is 16.6. The first-order valence-corrected chi connectivity index (χ1v) is 8.97. The van der Waals surface area contributed by atoms with Gasteiger partial charge in [0.2, 0.25) is 0 Å². The average molecular weight is 361 g/mol. The third-order valence-electron chi connectivity index (χ3n) is 4.89. The number of aromatic nitrogens is 3. The van der Waals surface area contributed by atoms with Gasteiger partial charge in [-0.2, -0.15) is 4.98 Å². The maximum Gasteiger partial charge on any atom is 0.297 e. The standard InChI is InChI=1S/C21H19N3O3/c1-13-20(14(2)27-23-13)15-7-9-16(10-8-15)25-12-17-11-24-19-6-4-3-5-18(19)22-21(24)26-17/h3-10,17H,11-12H2,1-2H3/t17-/m0/s1. The molecule has 0 fully saturated rings. The van der Waals surface area contributed by atoms with Gasteiger partial charge in [0.15, 0.2) is 6.10 Å². The van der Waals surface area contributed by atoms with E-state index < -0.39 is 0 Å². The summed E-state index contributed by atoms with van der Waals surface area (Å²) < 4.78 is 19.2. The zero-order valence-corrected chi connectivity index (χ0v) is 15.2. The highest BCUT2D eigenvalue weighted by Gasteiger charge is 2.26. The maximum atomic E-state index is 5.93. The molecule has 0 bridgehead atoms. The summed E-state index contributed by atoms with van der Waals surface area (Å²) in [5, 5.41) is 4.01. The second-order valence-electron chi connectivity index (χ2n) is 6.77. The molecule has 6 heteroatoms. The Morgan fingerprint density at radius 1 is 1.11 bits per heavy atom. The molecular weight excluding hydrogens is 342 g/mol. The van der Waals surface area contributed by atoms with Gasteiger partial charge in [-0.3, -0.25) is 4.57 Å². The van der Waals surface area contributed by atoms with Crippen LogP contribution in [0.15, 0.2) is 53.1 Å². The topological polar surface area (TPSA) is 62.3 Å². The number of hydrogen-bond acceptors (Lipinski definition) is 5. The van der Waals surface area contributed by atoms with E-state index in [9.17, 15) is 0 Å². The smallest absolute Gasteiger partial charge is 0.297 e. The molecule has 3 heterocycles. The molecule has 0 saturated carbocycles. The fourth-order valence-electron chi connectivity index (χ4n) is 3.60. The molecule has 1 aliphatic rings. The maximum absolute atomic E-state index is 5.93. The summed E-state index contributed by atoms with van der Waals surface area (Å²) in [5.74, 6) is 1.63. The van der Waals surface area contributed by atoms with E-state index in [1.54, 1.807) is 0 Å². The van der Waals surface area contributed by atoms with Crippen molar-refractivity contribution in [3.05, 3.63) is 60.0 Å². The predicted octanol–water partition coefficient (Wildman–Crippen LogP) is 4.15. The third kappa shape index (κ3) is 2.73. The van der Waals surface area contributed by atoms with E-state index in [0.717, 1.165) is 45.9 Å². The van der Waals surface area contributed by atoms with E-state index >= 15 is 0 Å². The molecule has 0 aliphatic carbocycles. The number of nitrogens with zero attached hydrogens (tertiary/aromatic N) is 3. The summed E-state index contributed by atoms with van der Waals surface area (Å²) in [5.41, 5.74) is 5.06. The SMILES string of the molecule is Cc1noc(C)c1-c1ccc(OC[C@@H]2Cn3c(nc4ccccc43)O2)cc1. The van der Waals surface area contributed by atoms with Crippen molar-refractivity contribution in [2.24, 2.45) is 0 Å². The van der Waals surface area contributed by atoms with E-state index in [1.807, 2.05) is 56.3 Å². The van der Waals surface area contributed by atoms with Gasteiger partial charge in [-0.25, -0.2) is 0 Å². The van der Waals surface area contributed by atoms with E-state index in [0.29, 0.717) is 12.6 Å². The zero-order chi connectivity index (χ0) is 18.4. The molecule has 0 radical (unpaired) electrons. The highest BCUT2D eigenvalue weighted by molar-refractivity contribution is 5.76. The summed E-state index contributed by atoms with van der Waals surface area (Å²) in [6.07, 6.45) is -0.0423. The Balaban J connectivity index is 1.26. The summed E-state index contributed by atoms with van der Waals surface area (Å²) >= 11 is 0. The number of aryl methyl sites for hydroxylation is 2. The Morgan fingerprint density at radius 3 is 2.70 bits per heavy atom. The first-order valence-electron chi connectivity index (χ1n) is 8.97. The van der Waals surface area contributed by atoms with Gasteiger partial charge in [0.05, 0.1) is 23.3 Å². The summed E-state index contributed by atoms with van der Waals surface area (Å²) in [4.78, 5) is 4.53. The minimum atomic E-state index is -0.0423. The lowest BCUT2D eigenvalue weighted by atomic mass is 10.0. The molecule has 0 saturated heterocycles. The lowest BCUT2D eigenvalue weighted by molar-refractivity contribution is 0.144. The van der Waals surface area contributed by atoms with Gasteiger partial charge in [0, 0.05) is 5.56 Å². The Kier molecular flexibility index (Phi) is 3.63. The van der Waals surface area contributed by atoms with Gasteiger partial charge in [0.1, 0.15) is 18.1 Å². The number of para-hydroxylation sites is 2. The van der Waals surface area contributed by atoms with E-state index in [4.69, 9.17) is 14.0 Å². The van der Waals surface area contributed by atoms with Gasteiger partial charge in [-0.15, -0.1) is 0 Å². The molecule has 136 valence electrons. The van der Waals surface area contributed by atoms with E-state index in [-0.39, 0.29) is 6.10 Å². The lowest BCUT2D eigenvalue weighted by Crippen LogP contribution is -2.23. The normalized spacial score (nSPS) is 15.7. The Labute approximate surface area is 156 Å². The van der Waals surface area contributed by atoms with E-state index in [1.165, 1.54) is 0 Å². The molecular formula is C21H19N3O3. The Morgan fingerprint density at radius 2 is 1.93 bits per heavy atom. The largest absolute Gasteiger partial charge is 0.490 e. The van der Waals surface area contributed by atoms with Gasteiger partial charge in [-0.05, 0) is 43.7 Å². The van der Waals surface area contributed by atoms with Crippen LogP contribution in [0.4, 0.5) is 0 Å². The van der Waals surface area contributed by atoms with Crippen LogP contribution in [0.5, 0.6) is 11.8 Å². The minimum absolute atomic E-state index is 0.0423. The van der Waals surface area contributed by atoms with Gasteiger partial charge in [-0.1, -0.05) is 29.4 Å². The lowest BCUT2D eigenvalue weighted by Gasteiger charge is -2.12. The molecule has 1 atom stereocenters. The summed E-state index contributed by atoms with van der Waals surface area (Å²) in [6.45, 7) is 5.08. The number of imidazole rings is 1. The second-order valence-corrected chi connectivity index (χ2v) is 6.77. The van der Waals surface area contributed by atoms with Crippen molar-refractivity contribution in [3.8, 4) is 22.9 Å². The van der Waals surface area contributed by atoms with E-state index in [2.05, 4.69) is 20.8 Å². The molecule has 0 amide bonds. The quantitative estimate of drug-likeness (QED) is 0.546. The first kappa shape index (κ1) is 15.9. The number of hydrogen-bond donors (Lipinski definition) is 0. The van der Waals surface area contributed by atoms with Crippen LogP contribution in [0.2, 0.25) is 0 Å². The fraction of sp³-hybridized carbons (Fsp3) is 0.238. The molecule has 0 unspecified atom stereocenters. The number of ether oxygens (including phenoxy) is 2. The molecule has 0 N–H and O–H groups in total. The third-order valence-corrected chi connectivity index (χ3v) is 4.89. The Bertz CT molecular complexity index is 1090. The van der Waals surface area contributed by atoms with Crippen molar-refractivity contribution in [1.82, 2.24) is 14.7 Å². The van der Waals surface area contributed by atoms with Crippen LogP contribution in [0, 0.1) is 13.8 Å². The Hall–Kier alpha value is -3.28. The second kappa shape index (κ2) is 6.16.